The van der Waals surface area contributed by atoms with Crippen LogP contribution in [0.2, 0.25) is 0 Å². The van der Waals surface area contributed by atoms with E-state index in [-0.39, 0.29) is 30.0 Å². The van der Waals surface area contributed by atoms with Crippen molar-refractivity contribution in [1.82, 2.24) is 4.90 Å². The van der Waals surface area contributed by atoms with Crippen LogP contribution < -0.4 is 5.32 Å². The van der Waals surface area contributed by atoms with Crippen LogP contribution in [0.5, 0.6) is 5.75 Å². The number of fused-ring (bicyclic) bond motifs is 2. The normalized spacial score (nSPS) is 26.9. The van der Waals surface area contributed by atoms with E-state index in [1.54, 1.807) is 6.07 Å². The van der Waals surface area contributed by atoms with Crippen molar-refractivity contribution in [2.24, 2.45) is 0 Å². The van der Waals surface area contributed by atoms with Gasteiger partial charge in [0.15, 0.2) is 0 Å². The summed E-state index contributed by atoms with van der Waals surface area (Å²) >= 11 is 0. The Labute approximate surface area is 137 Å². The van der Waals surface area contributed by atoms with Crippen LogP contribution in [0, 0.1) is 0 Å². The van der Waals surface area contributed by atoms with E-state index in [1.807, 2.05) is 43.9 Å². The summed E-state index contributed by atoms with van der Waals surface area (Å²) < 4.78 is 5.56. The molecule has 2 atom stereocenters. The molecule has 2 unspecified atom stereocenters. The van der Waals surface area contributed by atoms with Crippen LogP contribution in [-0.4, -0.2) is 39.8 Å². The molecular formula is C18H26N2O3. The third-order valence-corrected chi connectivity index (χ3v) is 4.60. The summed E-state index contributed by atoms with van der Waals surface area (Å²) in [6.07, 6.45) is 3.66. The predicted molar refractivity (Wildman–Crippen MR) is 89.6 cm³/mol. The minimum absolute atomic E-state index is 0.189. The van der Waals surface area contributed by atoms with Crippen molar-refractivity contribution in [2.75, 3.05) is 5.32 Å². The molecular weight excluding hydrogens is 292 g/mol. The first-order valence-corrected chi connectivity index (χ1v) is 8.39. The number of nitrogens with zero attached hydrogens (tertiary/aromatic N) is 1. The fourth-order valence-corrected chi connectivity index (χ4v) is 3.72. The molecule has 3 rings (SSSR count). The van der Waals surface area contributed by atoms with Gasteiger partial charge in [0.25, 0.3) is 0 Å². The zero-order valence-corrected chi connectivity index (χ0v) is 14.1. The molecule has 2 saturated heterocycles. The molecule has 126 valence electrons. The molecule has 2 aliphatic rings. The number of hydrogen-bond acceptors (Lipinski definition) is 4. The third kappa shape index (κ3) is 3.54. The summed E-state index contributed by atoms with van der Waals surface area (Å²) in [6, 6.07) is 8.03. The van der Waals surface area contributed by atoms with Gasteiger partial charge in [0.1, 0.15) is 11.4 Å². The fourth-order valence-electron chi connectivity index (χ4n) is 3.72. The number of para-hydroxylation sites is 2. The highest BCUT2D eigenvalue weighted by atomic mass is 16.6. The summed E-state index contributed by atoms with van der Waals surface area (Å²) in [4.78, 5) is 14.4. The largest absolute Gasteiger partial charge is 0.506 e. The Morgan fingerprint density at radius 1 is 1.22 bits per heavy atom. The molecule has 2 bridgehead atoms. The lowest BCUT2D eigenvalue weighted by atomic mass is 9.97. The Morgan fingerprint density at radius 2 is 1.83 bits per heavy atom. The van der Waals surface area contributed by atoms with Gasteiger partial charge in [0.05, 0.1) is 5.69 Å². The number of ether oxygens (including phenoxy) is 1. The standard InChI is InChI=1S/C18H26N2O3/c1-18(2,3)23-17(22)20-13-8-9-14(20)11-12(10-13)19-15-6-4-5-7-16(15)21/h4-7,12-14,19,21H,8-11H2,1-3H3. The number of benzene rings is 1. The van der Waals surface area contributed by atoms with Gasteiger partial charge < -0.3 is 20.1 Å². The smallest absolute Gasteiger partial charge is 0.410 e. The maximum atomic E-state index is 12.4. The molecule has 1 aromatic carbocycles. The highest BCUT2D eigenvalue weighted by Crippen LogP contribution is 2.38. The lowest BCUT2D eigenvalue weighted by molar-refractivity contribution is 0.00682. The summed E-state index contributed by atoms with van der Waals surface area (Å²) in [7, 11) is 0. The molecule has 2 fully saturated rings. The molecule has 5 heteroatoms. The zero-order chi connectivity index (χ0) is 16.6. The maximum absolute atomic E-state index is 12.4. The zero-order valence-electron chi connectivity index (χ0n) is 14.1. The first-order chi connectivity index (χ1) is 10.8. The number of phenols is 1. The molecule has 0 radical (unpaired) electrons. The molecule has 23 heavy (non-hydrogen) atoms. The van der Waals surface area contributed by atoms with Crippen LogP contribution in [0.4, 0.5) is 10.5 Å². The Balaban J connectivity index is 1.65. The van der Waals surface area contributed by atoms with Crippen molar-refractivity contribution in [1.29, 1.82) is 0 Å². The van der Waals surface area contributed by atoms with E-state index in [2.05, 4.69) is 5.32 Å². The number of piperidine rings is 1. The topological polar surface area (TPSA) is 61.8 Å². The highest BCUT2D eigenvalue weighted by molar-refractivity contribution is 5.70. The van der Waals surface area contributed by atoms with Crippen molar-refractivity contribution < 1.29 is 14.6 Å². The lowest BCUT2D eigenvalue weighted by Crippen LogP contribution is -2.51. The number of rotatable bonds is 2. The van der Waals surface area contributed by atoms with E-state index < -0.39 is 5.60 Å². The number of amides is 1. The molecule has 0 spiro atoms. The minimum Gasteiger partial charge on any atom is -0.506 e. The molecule has 0 saturated carbocycles. The number of hydrogen-bond donors (Lipinski definition) is 2. The highest BCUT2D eigenvalue weighted by Gasteiger charge is 2.44. The van der Waals surface area contributed by atoms with Crippen LogP contribution in [0.15, 0.2) is 24.3 Å². The fraction of sp³-hybridized carbons (Fsp3) is 0.611. The molecule has 2 aliphatic heterocycles. The number of carbonyl (C=O) groups is 1. The molecule has 5 nitrogen and oxygen atoms in total. The number of nitrogens with one attached hydrogen (secondary N) is 1. The van der Waals surface area contributed by atoms with Gasteiger partial charge >= 0.3 is 6.09 Å². The van der Waals surface area contributed by atoms with E-state index in [1.165, 1.54) is 0 Å². The van der Waals surface area contributed by atoms with Gasteiger partial charge in [0, 0.05) is 18.1 Å². The second kappa shape index (κ2) is 5.95. The van der Waals surface area contributed by atoms with Crippen molar-refractivity contribution in [3.8, 4) is 5.75 Å². The SMILES string of the molecule is CC(C)(C)OC(=O)N1C2CCC1CC(Nc1ccccc1O)C2. The maximum Gasteiger partial charge on any atom is 0.410 e. The van der Waals surface area contributed by atoms with Crippen LogP contribution in [0.25, 0.3) is 0 Å². The molecule has 2 heterocycles. The van der Waals surface area contributed by atoms with Crippen LogP contribution in [-0.2, 0) is 4.74 Å². The number of phenolic OH excluding ortho intramolecular Hbond substituents is 1. The van der Waals surface area contributed by atoms with Gasteiger partial charge in [-0.25, -0.2) is 4.79 Å². The predicted octanol–water partition coefficient (Wildman–Crippen LogP) is 3.73. The monoisotopic (exact) mass is 318 g/mol. The Hall–Kier alpha value is -1.91. The van der Waals surface area contributed by atoms with E-state index in [9.17, 15) is 9.90 Å². The molecule has 1 aromatic rings. The molecule has 0 aromatic heterocycles. The summed E-state index contributed by atoms with van der Waals surface area (Å²) in [5.41, 5.74) is 0.309. The summed E-state index contributed by atoms with van der Waals surface area (Å²) in [5, 5.41) is 13.3. The van der Waals surface area contributed by atoms with Crippen LogP contribution in [0.3, 0.4) is 0 Å². The number of aromatic hydroxyl groups is 1. The van der Waals surface area contributed by atoms with Crippen molar-refractivity contribution in [2.45, 2.75) is 70.2 Å². The Kier molecular flexibility index (Phi) is 4.13. The van der Waals surface area contributed by atoms with E-state index in [0.717, 1.165) is 31.4 Å². The average Bonchev–Trinajstić information content (AvgIpc) is 2.72. The minimum atomic E-state index is -0.457. The van der Waals surface area contributed by atoms with Crippen LogP contribution >= 0.6 is 0 Å². The van der Waals surface area contributed by atoms with Gasteiger partial charge in [-0.2, -0.15) is 0 Å². The van der Waals surface area contributed by atoms with Gasteiger partial charge in [-0.15, -0.1) is 0 Å². The van der Waals surface area contributed by atoms with Crippen molar-refractivity contribution in [3.05, 3.63) is 24.3 Å². The van der Waals surface area contributed by atoms with E-state index >= 15 is 0 Å². The number of carbonyl (C=O) groups excluding carboxylic acids is 1. The second-order valence-electron chi connectivity index (χ2n) is 7.60. The first kappa shape index (κ1) is 16.0. The van der Waals surface area contributed by atoms with Gasteiger partial charge in [0.2, 0.25) is 0 Å². The molecule has 1 amide bonds. The third-order valence-electron chi connectivity index (χ3n) is 4.60. The average molecular weight is 318 g/mol. The van der Waals surface area contributed by atoms with Gasteiger partial charge in [-0.3, -0.25) is 0 Å². The van der Waals surface area contributed by atoms with Gasteiger partial charge in [-0.1, -0.05) is 12.1 Å². The van der Waals surface area contributed by atoms with E-state index in [4.69, 9.17) is 4.74 Å². The Morgan fingerprint density at radius 3 is 2.39 bits per heavy atom. The number of anilines is 1. The Bertz CT molecular complexity index is 568. The van der Waals surface area contributed by atoms with E-state index in [0.29, 0.717) is 0 Å². The molecule has 2 N–H and O–H groups in total. The van der Waals surface area contributed by atoms with Crippen molar-refractivity contribution >= 4 is 11.8 Å². The first-order valence-electron chi connectivity index (χ1n) is 8.39. The summed E-state index contributed by atoms with van der Waals surface area (Å²) in [5.74, 6) is 0.273. The lowest BCUT2D eigenvalue weighted by Gasteiger charge is -2.40. The van der Waals surface area contributed by atoms with Crippen LogP contribution in [0.1, 0.15) is 46.5 Å². The molecule has 0 aliphatic carbocycles. The second-order valence-corrected chi connectivity index (χ2v) is 7.60. The van der Waals surface area contributed by atoms with Gasteiger partial charge in [-0.05, 0) is 58.6 Å². The summed E-state index contributed by atoms with van der Waals surface area (Å²) in [6.45, 7) is 5.71. The van der Waals surface area contributed by atoms with Crippen molar-refractivity contribution in [3.63, 3.8) is 0 Å². The quantitative estimate of drug-likeness (QED) is 0.816.